The number of rotatable bonds is 10. The summed E-state index contributed by atoms with van der Waals surface area (Å²) >= 11 is 0. The molecular formula is C21H37FIN5O2. The third-order valence-corrected chi connectivity index (χ3v) is 4.80. The van der Waals surface area contributed by atoms with Crippen molar-refractivity contribution in [2.75, 3.05) is 71.0 Å². The number of benzene rings is 1. The minimum atomic E-state index is -0.892. The minimum Gasteiger partial charge on any atom is -0.387 e. The van der Waals surface area contributed by atoms with Gasteiger partial charge in [0.2, 0.25) is 0 Å². The van der Waals surface area contributed by atoms with Gasteiger partial charge in [0.1, 0.15) is 5.82 Å². The Labute approximate surface area is 197 Å². The zero-order chi connectivity index (χ0) is 21.1. The van der Waals surface area contributed by atoms with Crippen molar-refractivity contribution in [3.05, 3.63) is 30.1 Å². The molecule has 1 aromatic rings. The highest BCUT2D eigenvalue weighted by Gasteiger charge is 2.25. The maximum atomic E-state index is 13.3. The number of ether oxygens (including phenoxy) is 1. The minimum absolute atomic E-state index is 0. The van der Waals surface area contributed by atoms with Gasteiger partial charge in [-0.25, -0.2) is 4.39 Å². The summed E-state index contributed by atoms with van der Waals surface area (Å²) in [5.74, 6) is 0.473. The lowest BCUT2D eigenvalue weighted by Crippen LogP contribution is -2.48. The number of anilines is 1. The standard InChI is InChI=1S/C21H36FN5O2.HI/c1-4-23-20(25-16-21(2,28)17-27-11-13-29-14-12-27)24-9-6-10-26(3)19-8-5-7-18(22)15-19;/h5,7-8,15,28H,4,6,9-14,16-17H2,1-3H3,(H2,23,24,25);1H. The molecule has 1 saturated heterocycles. The van der Waals surface area contributed by atoms with Crippen molar-refractivity contribution in [1.82, 2.24) is 15.5 Å². The van der Waals surface area contributed by atoms with Crippen LogP contribution in [0, 0.1) is 5.82 Å². The van der Waals surface area contributed by atoms with E-state index in [1.807, 2.05) is 31.9 Å². The number of nitrogens with zero attached hydrogens (tertiary/aromatic N) is 3. The van der Waals surface area contributed by atoms with Crippen LogP contribution in [0.4, 0.5) is 10.1 Å². The van der Waals surface area contributed by atoms with Gasteiger partial charge >= 0.3 is 0 Å². The first-order valence-corrected chi connectivity index (χ1v) is 10.4. The third kappa shape index (κ3) is 10.2. The van der Waals surface area contributed by atoms with E-state index in [0.29, 0.717) is 32.3 Å². The summed E-state index contributed by atoms with van der Waals surface area (Å²) < 4.78 is 18.7. The van der Waals surface area contributed by atoms with Crippen molar-refractivity contribution in [2.24, 2.45) is 4.99 Å². The van der Waals surface area contributed by atoms with Crippen LogP contribution in [0.25, 0.3) is 0 Å². The molecule has 3 N–H and O–H groups in total. The fourth-order valence-electron chi connectivity index (χ4n) is 3.25. The number of hydrogen-bond donors (Lipinski definition) is 3. The number of β-amino-alcohol motifs (C(OH)–C–C–N with tert-alkyl or cyclic N) is 1. The molecule has 1 heterocycles. The van der Waals surface area contributed by atoms with Crippen LogP contribution in [0.5, 0.6) is 0 Å². The zero-order valence-corrected chi connectivity index (χ0v) is 20.7. The number of nitrogens with one attached hydrogen (secondary N) is 2. The summed E-state index contributed by atoms with van der Waals surface area (Å²) in [6.45, 7) is 10.1. The highest BCUT2D eigenvalue weighted by molar-refractivity contribution is 14.0. The van der Waals surface area contributed by atoms with E-state index in [0.717, 1.165) is 44.8 Å². The predicted molar refractivity (Wildman–Crippen MR) is 132 cm³/mol. The summed E-state index contributed by atoms with van der Waals surface area (Å²) in [7, 11) is 1.96. The summed E-state index contributed by atoms with van der Waals surface area (Å²) in [5, 5.41) is 17.2. The molecule has 0 bridgehead atoms. The number of halogens is 2. The van der Waals surface area contributed by atoms with E-state index < -0.39 is 5.60 Å². The molecule has 1 fully saturated rings. The van der Waals surface area contributed by atoms with Crippen LogP contribution in [0.15, 0.2) is 29.3 Å². The fourth-order valence-corrected chi connectivity index (χ4v) is 3.25. The quantitative estimate of drug-likeness (QED) is 0.183. The largest absolute Gasteiger partial charge is 0.387 e. The van der Waals surface area contributed by atoms with Gasteiger partial charge in [0.25, 0.3) is 0 Å². The van der Waals surface area contributed by atoms with Crippen molar-refractivity contribution < 1.29 is 14.2 Å². The molecule has 9 heteroatoms. The van der Waals surface area contributed by atoms with Gasteiger partial charge in [-0.15, -0.1) is 24.0 Å². The summed E-state index contributed by atoms with van der Waals surface area (Å²) in [4.78, 5) is 8.80. The number of morpholine rings is 1. The molecule has 1 aromatic carbocycles. The van der Waals surface area contributed by atoms with Crippen molar-refractivity contribution >= 4 is 35.6 Å². The van der Waals surface area contributed by atoms with Crippen LogP contribution in [-0.2, 0) is 4.74 Å². The number of hydrogen-bond acceptors (Lipinski definition) is 5. The Morgan fingerprint density at radius 2 is 2.07 bits per heavy atom. The maximum absolute atomic E-state index is 13.3. The van der Waals surface area contributed by atoms with Gasteiger partial charge in [-0.3, -0.25) is 9.89 Å². The van der Waals surface area contributed by atoms with Crippen molar-refractivity contribution in [2.45, 2.75) is 25.9 Å². The molecule has 0 radical (unpaired) electrons. The second-order valence-electron chi connectivity index (χ2n) is 7.76. The van der Waals surface area contributed by atoms with E-state index in [9.17, 15) is 9.50 Å². The molecule has 0 aliphatic carbocycles. The first-order chi connectivity index (χ1) is 13.9. The molecule has 1 aliphatic rings. The molecule has 1 atom stereocenters. The molecule has 1 unspecified atom stereocenters. The van der Waals surface area contributed by atoms with Crippen molar-refractivity contribution in [3.8, 4) is 0 Å². The van der Waals surface area contributed by atoms with Gasteiger partial charge in [0.05, 0.1) is 25.4 Å². The van der Waals surface area contributed by atoms with Crippen LogP contribution >= 0.6 is 24.0 Å². The molecule has 1 aliphatic heterocycles. The lowest BCUT2D eigenvalue weighted by molar-refractivity contribution is -0.0179. The van der Waals surface area contributed by atoms with Crippen LogP contribution < -0.4 is 15.5 Å². The Hall–Kier alpha value is -1.17. The Morgan fingerprint density at radius 1 is 1.33 bits per heavy atom. The lowest BCUT2D eigenvalue weighted by atomic mass is 10.1. The second kappa shape index (κ2) is 14.0. The Balaban J connectivity index is 0.00000450. The van der Waals surface area contributed by atoms with Gasteiger partial charge in [0, 0.05) is 52.0 Å². The van der Waals surface area contributed by atoms with Crippen LogP contribution in [0.1, 0.15) is 20.3 Å². The Bertz CT molecular complexity index is 642. The molecule has 0 amide bonds. The number of guanidine groups is 1. The lowest BCUT2D eigenvalue weighted by Gasteiger charge is -2.33. The molecule has 172 valence electrons. The van der Waals surface area contributed by atoms with E-state index in [1.165, 1.54) is 12.1 Å². The van der Waals surface area contributed by atoms with Crippen molar-refractivity contribution in [3.63, 3.8) is 0 Å². The summed E-state index contributed by atoms with van der Waals surface area (Å²) in [5.41, 5.74) is -0.0261. The highest BCUT2D eigenvalue weighted by atomic mass is 127. The molecule has 7 nitrogen and oxygen atoms in total. The maximum Gasteiger partial charge on any atom is 0.191 e. The SMILES string of the molecule is CCNC(=NCC(C)(O)CN1CCOCC1)NCCCN(C)c1cccc(F)c1.I. The highest BCUT2D eigenvalue weighted by Crippen LogP contribution is 2.13. The van der Waals surface area contributed by atoms with Gasteiger partial charge < -0.3 is 25.4 Å². The molecule has 0 saturated carbocycles. The Morgan fingerprint density at radius 3 is 2.73 bits per heavy atom. The fraction of sp³-hybridized carbons (Fsp3) is 0.667. The van der Waals surface area contributed by atoms with E-state index in [-0.39, 0.29) is 29.8 Å². The van der Waals surface area contributed by atoms with Gasteiger partial charge in [-0.1, -0.05) is 6.07 Å². The van der Waals surface area contributed by atoms with Gasteiger partial charge in [-0.2, -0.15) is 0 Å². The monoisotopic (exact) mass is 537 g/mol. The van der Waals surface area contributed by atoms with E-state index >= 15 is 0 Å². The molecular weight excluding hydrogens is 500 g/mol. The second-order valence-corrected chi connectivity index (χ2v) is 7.76. The van der Waals surface area contributed by atoms with Crippen LogP contribution in [0.2, 0.25) is 0 Å². The first-order valence-electron chi connectivity index (χ1n) is 10.4. The van der Waals surface area contributed by atoms with Gasteiger partial charge in [-0.05, 0) is 38.5 Å². The summed E-state index contributed by atoms with van der Waals surface area (Å²) in [6.07, 6.45) is 0.877. The smallest absolute Gasteiger partial charge is 0.191 e. The molecule has 0 spiro atoms. The normalized spacial score (nSPS) is 17.0. The molecule has 2 rings (SSSR count). The van der Waals surface area contributed by atoms with E-state index in [2.05, 4.69) is 20.5 Å². The van der Waals surface area contributed by atoms with Gasteiger partial charge in [0.15, 0.2) is 5.96 Å². The average Bonchev–Trinajstić information content (AvgIpc) is 2.69. The topological polar surface area (TPSA) is 72.4 Å². The molecule has 0 aromatic heterocycles. The van der Waals surface area contributed by atoms with Crippen molar-refractivity contribution in [1.29, 1.82) is 0 Å². The van der Waals surface area contributed by atoms with Crippen LogP contribution in [-0.4, -0.2) is 87.6 Å². The first kappa shape index (κ1) is 26.9. The summed E-state index contributed by atoms with van der Waals surface area (Å²) in [6, 6.07) is 6.61. The average molecular weight is 537 g/mol. The Kier molecular flexibility index (Phi) is 12.5. The molecule has 30 heavy (non-hydrogen) atoms. The van der Waals surface area contributed by atoms with Crippen LogP contribution in [0.3, 0.4) is 0 Å². The zero-order valence-electron chi connectivity index (χ0n) is 18.4. The van der Waals surface area contributed by atoms with E-state index in [4.69, 9.17) is 4.74 Å². The number of aliphatic hydroxyl groups is 1. The predicted octanol–water partition coefficient (Wildman–Crippen LogP) is 1.91. The third-order valence-electron chi connectivity index (χ3n) is 4.80. The number of aliphatic imine (C=N–C) groups is 1. The van der Waals surface area contributed by atoms with E-state index in [1.54, 1.807) is 6.07 Å².